The third-order valence-electron chi connectivity index (χ3n) is 4.59. The summed E-state index contributed by atoms with van der Waals surface area (Å²) in [5.74, 6) is 1.41. The van der Waals surface area contributed by atoms with Gasteiger partial charge in [0.25, 0.3) is 0 Å². The van der Waals surface area contributed by atoms with E-state index in [4.69, 9.17) is 20.6 Å². The van der Waals surface area contributed by atoms with Crippen LogP contribution in [-0.2, 0) is 6.61 Å². The third-order valence-corrected chi connectivity index (χ3v) is 4.59. The Kier molecular flexibility index (Phi) is 6.50. The Labute approximate surface area is 165 Å². The molecule has 2 aromatic carbocycles. The number of nitrogens with one attached hydrogen (secondary N) is 1. The second-order valence-electron chi connectivity index (χ2n) is 6.96. The van der Waals surface area contributed by atoms with E-state index < -0.39 is 5.60 Å². The first-order valence-corrected chi connectivity index (χ1v) is 8.82. The molecule has 144 valence electrons. The van der Waals surface area contributed by atoms with Crippen molar-refractivity contribution in [1.82, 2.24) is 0 Å². The number of hydrogen-bond acceptors (Lipinski definition) is 4. The number of rotatable bonds is 6. The Morgan fingerprint density at radius 2 is 1.96 bits per heavy atom. The average Bonchev–Trinajstić information content (AvgIpc) is 2.60. The van der Waals surface area contributed by atoms with E-state index in [1.807, 2.05) is 31.2 Å². The third kappa shape index (κ3) is 4.80. The van der Waals surface area contributed by atoms with Crippen LogP contribution in [0.5, 0.6) is 11.5 Å². The highest BCUT2D eigenvalue weighted by molar-refractivity contribution is 6.00. The maximum atomic E-state index is 12.5. The Balaban J connectivity index is 0.00000261. The molecule has 3 rings (SSSR count). The van der Waals surface area contributed by atoms with Crippen molar-refractivity contribution < 1.29 is 14.3 Å². The van der Waals surface area contributed by atoms with Crippen molar-refractivity contribution in [3.8, 4) is 11.5 Å². The molecule has 0 fully saturated rings. The fraction of sp³-hybridized carbons (Fsp3) is 0.333. The highest BCUT2D eigenvalue weighted by Crippen LogP contribution is 2.37. The van der Waals surface area contributed by atoms with Gasteiger partial charge in [-0.15, -0.1) is 12.4 Å². The zero-order chi connectivity index (χ0) is 18.7. The van der Waals surface area contributed by atoms with Gasteiger partial charge in [0.05, 0.1) is 12.0 Å². The molecule has 6 heteroatoms. The van der Waals surface area contributed by atoms with Crippen molar-refractivity contribution in [2.75, 3.05) is 0 Å². The monoisotopic (exact) mass is 388 g/mol. The maximum Gasteiger partial charge on any atom is 0.170 e. The molecule has 5 nitrogen and oxygen atoms in total. The molecular formula is C21H25ClN2O3. The number of halogens is 1. The van der Waals surface area contributed by atoms with Crippen LogP contribution >= 0.6 is 12.4 Å². The first-order chi connectivity index (χ1) is 12.4. The van der Waals surface area contributed by atoms with E-state index in [0.717, 1.165) is 18.4 Å². The van der Waals surface area contributed by atoms with Crippen LogP contribution in [0.3, 0.4) is 0 Å². The number of fused-ring (bicyclic) bond motifs is 1. The smallest absolute Gasteiger partial charge is 0.170 e. The molecule has 0 saturated heterocycles. The molecule has 1 unspecified atom stereocenters. The van der Waals surface area contributed by atoms with E-state index in [1.54, 1.807) is 18.2 Å². The number of benzene rings is 2. The van der Waals surface area contributed by atoms with E-state index in [-0.39, 0.29) is 24.0 Å². The first kappa shape index (κ1) is 20.8. The Hall–Kier alpha value is -2.53. The minimum atomic E-state index is -0.417. The van der Waals surface area contributed by atoms with Gasteiger partial charge >= 0.3 is 0 Å². The van der Waals surface area contributed by atoms with Gasteiger partial charge in [0.15, 0.2) is 5.78 Å². The molecule has 2 aromatic rings. The Bertz CT molecular complexity index is 836. The number of amidine groups is 1. The number of carbonyl (C=O) groups excluding carboxylic acids is 1. The van der Waals surface area contributed by atoms with Gasteiger partial charge in [-0.2, -0.15) is 0 Å². The van der Waals surface area contributed by atoms with Crippen LogP contribution < -0.4 is 15.2 Å². The number of ketones is 1. The first-order valence-electron chi connectivity index (χ1n) is 8.82. The fourth-order valence-electron chi connectivity index (χ4n) is 3.26. The second-order valence-corrected chi connectivity index (χ2v) is 6.96. The minimum Gasteiger partial charge on any atom is -0.489 e. The summed E-state index contributed by atoms with van der Waals surface area (Å²) in [5, 5.41) is 7.41. The van der Waals surface area contributed by atoms with Gasteiger partial charge in [-0.1, -0.05) is 37.6 Å². The van der Waals surface area contributed by atoms with Gasteiger partial charge in [-0.3, -0.25) is 10.2 Å². The highest BCUT2D eigenvalue weighted by atomic mass is 35.5. The van der Waals surface area contributed by atoms with Crippen LogP contribution in [-0.4, -0.2) is 17.2 Å². The molecular weight excluding hydrogens is 364 g/mol. The zero-order valence-electron chi connectivity index (χ0n) is 15.6. The van der Waals surface area contributed by atoms with E-state index >= 15 is 0 Å². The molecule has 3 N–H and O–H groups in total. The van der Waals surface area contributed by atoms with Gasteiger partial charge in [-0.05, 0) is 37.1 Å². The van der Waals surface area contributed by atoms with Crippen LogP contribution in [0.1, 0.15) is 54.6 Å². The molecule has 0 bridgehead atoms. The number of hydrogen-bond donors (Lipinski definition) is 2. The summed E-state index contributed by atoms with van der Waals surface area (Å²) in [6.45, 7) is 4.46. The molecule has 0 radical (unpaired) electrons. The SMILES string of the molecule is CCCC1(C)CC(=O)c2cc(OCc3ccc(C(=N)N)cc3)ccc2O1.Cl. The van der Waals surface area contributed by atoms with Crippen LogP contribution in [0.25, 0.3) is 0 Å². The second kappa shape index (κ2) is 8.44. The Morgan fingerprint density at radius 1 is 1.26 bits per heavy atom. The fourth-order valence-corrected chi connectivity index (χ4v) is 3.26. The van der Waals surface area contributed by atoms with Crippen molar-refractivity contribution in [3.05, 3.63) is 59.2 Å². The van der Waals surface area contributed by atoms with Crippen LogP contribution in [0, 0.1) is 5.41 Å². The van der Waals surface area contributed by atoms with Gasteiger partial charge in [0.2, 0.25) is 0 Å². The van der Waals surface area contributed by atoms with E-state index in [1.165, 1.54) is 0 Å². The van der Waals surface area contributed by atoms with Crippen LogP contribution in [0.4, 0.5) is 0 Å². The topological polar surface area (TPSA) is 85.4 Å². The lowest BCUT2D eigenvalue weighted by Gasteiger charge is -2.34. The molecule has 0 amide bonds. The van der Waals surface area contributed by atoms with Crippen molar-refractivity contribution in [2.45, 2.75) is 45.3 Å². The molecule has 0 spiro atoms. The summed E-state index contributed by atoms with van der Waals surface area (Å²) in [7, 11) is 0. The molecule has 0 aromatic heterocycles. The molecule has 0 aliphatic carbocycles. The summed E-state index contributed by atoms with van der Waals surface area (Å²) in [6.07, 6.45) is 2.22. The summed E-state index contributed by atoms with van der Waals surface area (Å²) >= 11 is 0. The van der Waals surface area contributed by atoms with Gasteiger partial charge in [0, 0.05) is 5.56 Å². The molecule has 1 heterocycles. The molecule has 1 aliphatic rings. The van der Waals surface area contributed by atoms with Crippen molar-refractivity contribution in [3.63, 3.8) is 0 Å². The summed E-state index contributed by atoms with van der Waals surface area (Å²) in [5.41, 5.74) is 7.27. The summed E-state index contributed by atoms with van der Waals surface area (Å²) in [4.78, 5) is 12.5. The molecule has 1 aliphatic heterocycles. The normalized spacial score (nSPS) is 18.1. The van der Waals surface area contributed by atoms with Crippen molar-refractivity contribution in [2.24, 2.45) is 5.73 Å². The number of carbonyl (C=O) groups is 1. The highest BCUT2D eigenvalue weighted by Gasteiger charge is 2.35. The lowest BCUT2D eigenvalue weighted by Crippen LogP contribution is -2.38. The van der Waals surface area contributed by atoms with E-state index in [0.29, 0.717) is 35.7 Å². The molecule has 0 saturated carbocycles. The lowest BCUT2D eigenvalue weighted by molar-refractivity contribution is 0.0464. The Morgan fingerprint density at radius 3 is 2.59 bits per heavy atom. The van der Waals surface area contributed by atoms with Crippen LogP contribution in [0.15, 0.2) is 42.5 Å². The number of Topliss-reactive ketones (excluding diaryl/α,β-unsaturated/α-hetero) is 1. The predicted molar refractivity (Wildman–Crippen MR) is 108 cm³/mol. The van der Waals surface area contributed by atoms with E-state index in [2.05, 4.69) is 6.92 Å². The van der Waals surface area contributed by atoms with E-state index in [9.17, 15) is 4.79 Å². The van der Waals surface area contributed by atoms with Crippen molar-refractivity contribution in [1.29, 1.82) is 5.41 Å². The largest absolute Gasteiger partial charge is 0.489 e. The maximum absolute atomic E-state index is 12.5. The quantitative estimate of drug-likeness (QED) is 0.563. The van der Waals surface area contributed by atoms with Gasteiger partial charge < -0.3 is 15.2 Å². The average molecular weight is 389 g/mol. The number of ether oxygens (including phenoxy) is 2. The molecule has 1 atom stereocenters. The lowest BCUT2D eigenvalue weighted by atomic mass is 9.88. The zero-order valence-corrected chi connectivity index (χ0v) is 16.4. The minimum absolute atomic E-state index is 0. The number of nitrogen functional groups attached to an aromatic ring is 1. The standard InChI is InChI=1S/C21H24N2O3.ClH/c1-3-10-21(2)12-18(24)17-11-16(8-9-19(17)26-21)25-13-14-4-6-15(7-5-14)20(22)23;/h4-9,11H,3,10,12-13H2,1-2H3,(H3,22,23);1H. The van der Waals surface area contributed by atoms with Gasteiger partial charge in [0.1, 0.15) is 29.5 Å². The number of nitrogens with two attached hydrogens (primary N) is 1. The predicted octanol–water partition coefficient (Wildman–Crippen LogP) is 4.50. The van der Waals surface area contributed by atoms with Crippen LogP contribution in [0.2, 0.25) is 0 Å². The van der Waals surface area contributed by atoms with Crippen molar-refractivity contribution >= 4 is 24.0 Å². The summed E-state index contributed by atoms with van der Waals surface area (Å²) in [6, 6.07) is 12.7. The summed E-state index contributed by atoms with van der Waals surface area (Å²) < 4.78 is 11.9. The van der Waals surface area contributed by atoms with Gasteiger partial charge in [-0.25, -0.2) is 0 Å². The molecule has 27 heavy (non-hydrogen) atoms.